The Kier molecular flexibility index (Phi) is 4.28. The third-order valence-electron chi connectivity index (χ3n) is 2.24. The maximum atomic E-state index is 11.9. The van der Waals surface area contributed by atoms with Crippen LogP contribution in [0.4, 0.5) is 5.82 Å². The Morgan fingerprint density at radius 2 is 2.00 bits per heavy atom. The number of hydrogen-bond donors (Lipinski definition) is 1. The number of amides is 1. The number of halogens is 2. The second kappa shape index (κ2) is 5.93. The average Bonchev–Trinajstić information content (AvgIpc) is 2.39. The number of aromatic nitrogens is 2. The molecule has 0 radical (unpaired) electrons. The predicted molar refractivity (Wildman–Crippen MR) is 74.1 cm³/mol. The van der Waals surface area contributed by atoms with Crippen molar-refractivity contribution < 1.29 is 4.79 Å². The lowest BCUT2D eigenvalue weighted by atomic mass is 10.1. The van der Waals surface area contributed by atoms with Crippen LogP contribution in [0, 0.1) is 0 Å². The molecule has 1 aromatic heterocycles. The second-order valence-electron chi connectivity index (χ2n) is 3.50. The number of anilines is 1. The van der Waals surface area contributed by atoms with Crippen LogP contribution in [-0.2, 0) is 5.33 Å². The number of rotatable bonds is 3. The zero-order valence-corrected chi connectivity index (χ0v) is 11.6. The molecule has 1 aromatic carbocycles. The van der Waals surface area contributed by atoms with E-state index in [-0.39, 0.29) is 11.2 Å². The molecule has 0 bridgehead atoms. The lowest BCUT2D eigenvalue weighted by Crippen LogP contribution is -2.13. The Labute approximate surface area is 118 Å². The first-order valence-electron chi connectivity index (χ1n) is 5.14. The summed E-state index contributed by atoms with van der Waals surface area (Å²) in [5.74, 6) is 0.149. The fourth-order valence-corrected chi connectivity index (χ4v) is 1.86. The summed E-state index contributed by atoms with van der Waals surface area (Å²) in [4.78, 5) is 19.5. The van der Waals surface area contributed by atoms with E-state index in [2.05, 4.69) is 31.2 Å². The summed E-state index contributed by atoms with van der Waals surface area (Å²) in [6, 6.07) is 8.87. The van der Waals surface area contributed by atoms with E-state index in [0.29, 0.717) is 11.4 Å². The normalized spacial score (nSPS) is 10.1. The molecule has 6 heteroatoms. The zero-order chi connectivity index (χ0) is 13.0. The molecule has 0 aliphatic carbocycles. The van der Waals surface area contributed by atoms with Gasteiger partial charge in [-0.3, -0.25) is 4.79 Å². The van der Waals surface area contributed by atoms with E-state index in [1.54, 1.807) is 18.2 Å². The average molecular weight is 327 g/mol. The Balaban J connectivity index is 2.11. The van der Waals surface area contributed by atoms with Crippen molar-refractivity contribution in [3.63, 3.8) is 0 Å². The molecule has 0 aliphatic heterocycles. The van der Waals surface area contributed by atoms with E-state index in [1.807, 2.05) is 12.1 Å². The molecule has 0 spiro atoms. The first-order chi connectivity index (χ1) is 8.69. The lowest BCUT2D eigenvalue weighted by Gasteiger charge is -2.04. The molecule has 1 amide bonds. The van der Waals surface area contributed by atoms with Gasteiger partial charge in [-0.1, -0.05) is 28.1 Å². The Morgan fingerprint density at radius 1 is 1.28 bits per heavy atom. The van der Waals surface area contributed by atoms with Gasteiger partial charge >= 0.3 is 0 Å². The molecule has 1 N–H and O–H groups in total. The van der Waals surface area contributed by atoms with Gasteiger partial charge in [-0.05, 0) is 35.4 Å². The molecule has 18 heavy (non-hydrogen) atoms. The van der Waals surface area contributed by atoms with Gasteiger partial charge in [-0.2, -0.15) is 0 Å². The van der Waals surface area contributed by atoms with E-state index in [0.717, 1.165) is 10.9 Å². The minimum absolute atomic E-state index is 0.0995. The van der Waals surface area contributed by atoms with Gasteiger partial charge in [0.05, 0.1) is 0 Å². The van der Waals surface area contributed by atoms with Crippen molar-refractivity contribution in [1.82, 2.24) is 9.97 Å². The van der Waals surface area contributed by atoms with Crippen LogP contribution in [-0.4, -0.2) is 15.9 Å². The number of hydrogen-bond acceptors (Lipinski definition) is 3. The predicted octanol–water partition coefficient (Wildman–Crippen LogP) is 3.28. The first kappa shape index (κ1) is 13.0. The maximum Gasteiger partial charge on any atom is 0.256 e. The maximum absolute atomic E-state index is 11.9. The van der Waals surface area contributed by atoms with E-state index in [1.165, 1.54) is 6.20 Å². The minimum Gasteiger partial charge on any atom is -0.306 e. The van der Waals surface area contributed by atoms with Crippen molar-refractivity contribution >= 4 is 39.3 Å². The zero-order valence-electron chi connectivity index (χ0n) is 9.23. The Hall–Kier alpha value is -1.46. The van der Waals surface area contributed by atoms with E-state index < -0.39 is 0 Å². The molecule has 1 heterocycles. The molecular formula is C12H9BrClN3O. The molecule has 4 nitrogen and oxygen atoms in total. The van der Waals surface area contributed by atoms with E-state index >= 15 is 0 Å². The quantitative estimate of drug-likeness (QED) is 0.695. The van der Waals surface area contributed by atoms with Crippen LogP contribution < -0.4 is 5.32 Å². The van der Waals surface area contributed by atoms with E-state index in [4.69, 9.17) is 11.6 Å². The molecular weight excluding hydrogens is 318 g/mol. The van der Waals surface area contributed by atoms with Crippen LogP contribution in [0.15, 0.2) is 36.5 Å². The van der Waals surface area contributed by atoms with Gasteiger partial charge in [0.15, 0.2) is 0 Å². The summed E-state index contributed by atoms with van der Waals surface area (Å²) in [6.45, 7) is 0. The van der Waals surface area contributed by atoms with Crippen molar-refractivity contribution in [3.8, 4) is 0 Å². The summed E-state index contributed by atoms with van der Waals surface area (Å²) in [6.07, 6.45) is 1.49. The first-order valence-corrected chi connectivity index (χ1v) is 6.64. The van der Waals surface area contributed by atoms with Gasteiger partial charge in [0.25, 0.3) is 5.91 Å². The van der Waals surface area contributed by atoms with Crippen LogP contribution in [0.5, 0.6) is 0 Å². The van der Waals surface area contributed by atoms with Gasteiger partial charge in [0, 0.05) is 17.1 Å². The number of alkyl halides is 1. The largest absolute Gasteiger partial charge is 0.306 e. The molecule has 0 aliphatic rings. The summed E-state index contributed by atoms with van der Waals surface area (Å²) >= 11 is 8.98. The van der Waals surface area contributed by atoms with Crippen LogP contribution >= 0.6 is 27.5 Å². The number of carbonyl (C=O) groups is 1. The molecule has 92 valence electrons. The summed E-state index contributed by atoms with van der Waals surface area (Å²) in [7, 11) is 0. The van der Waals surface area contributed by atoms with E-state index in [9.17, 15) is 4.79 Å². The number of nitrogens with one attached hydrogen (secondary N) is 1. The highest BCUT2D eigenvalue weighted by molar-refractivity contribution is 9.08. The fourth-order valence-electron chi connectivity index (χ4n) is 1.34. The molecule has 0 saturated carbocycles. The van der Waals surface area contributed by atoms with Gasteiger partial charge in [-0.15, -0.1) is 0 Å². The summed E-state index contributed by atoms with van der Waals surface area (Å²) < 4.78 is 0. The third-order valence-corrected chi connectivity index (χ3v) is 3.07. The molecule has 2 aromatic rings. The van der Waals surface area contributed by atoms with Gasteiger partial charge < -0.3 is 5.32 Å². The Bertz CT molecular complexity index is 560. The van der Waals surface area contributed by atoms with Crippen molar-refractivity contribution in [1.29, 1.82) is 0 Å². The topological polar surface area (TPSA) is 54.9 Å². The van der Waals surface area contributed by atoms with Crippen molar-refractivity contribution in [2.24, 2.45) is 0 Å². The number of nitrogens with zero attached hydrogens (tertiary/aromatic N) is 2. The van der Waals surface area contributed by atoms with Gasteiger partial charge in [0.2, 0.25) is 5.28 Å². The number of carbonyl (C=O) groups excluding carboxylic acids is 1. The van der Waals surface area contributed by atoms with Crippen LogP contribution in [0.2, 0.25) is 5.28 Å². The highest BCUT2D eigenvalue weighted by Gasteiger charge is 2.07. The molecule has 2 rings (SSSR count). The van der Waals surface area contributed by atoms with Crippen molar-refractivity contribution in [2.75, 3.05) is 5.32 Å². The van der Waals surface area contributed by atoms with Crippen LogP contribution in [0.1, 0.15) is 15.9 Å². The number of benzene rings is 1. The van der Waals surface area contributed by atoms with Crippen molar-refractivity contribution in [3.05, 3.63) is 52.9 Å². The molecule has 0 fully saturated rings. The highest BCUT2D eigenvalue weighted by Crippen LogP contribution is 2.11. The minimum atomic E-state index is -0.231. The standard InChI is InChI=1S/C12H9BrClN3O/c13-7-8-1-3-9(4-2-8)11(18)16-10-5-6-15-12(14)17-10/h1-6H,7H2,(H,15,16,17,18). The van der Waals surface area contributed by atoms with Gasteiger partial charge in [-0.25, -0.2) is 9.97 Å². The molecule has 0 saturated heterocycles. The monoisotopic (exact) mass is 325 g/mol. The lowest BCUT2D eigenvalue weighted by molar-refractivity contribution is 0.102. The highest BCUT2D eigenvalue weighted by atomic mass is 79.9. The van der Waals surface area contributed by atoms with Crippen molar-refractivity contribution in [2.45, 2.75) is 5.33 Å². The SMILES string of the molecule is O=C(Nc1ccnc(Cl)n1)c1ccc(CBr)cc1. The van der Waals surface area contributed by atoms with Gasteiger partial charge in [0.1, 0.15) is 5.82 Å². The molecule has 0 unspecified atom stereocenters. The van der Waals surface area contributed by atoms with Crippen LogP contribution in [0.3, 0.4) is 0 Å². The fraction of sp³-hybridized carbons (Fsp3) is 0.0833. The Morgan fingerprint density at radius 3 is 2.61 bits per heavy atom. The molecule has 0 atom stereocenters. The summed E-state index contributed by atoms with van der Waals surface area (Å²) in [5, 5.41) is 3.51. The second-order valence-corrected chi connectivity index (χ2v) is 4.39. The van der Waals surface area contributed by atoms with Crippen LogP contribution in [0.25, 0.3) is 0 Å². The summed E-state index contributed by atoms with van der Waals surface area (Å²) in [5.41, 5.74) is 1.67. The smallest absolute Gasteiger partial charge is 0.256 e. The third kappa shape index (κ3) is 3.27.